The first-order valence-corrected chi connectivity index (χ1v) is 8.62. The molecule has 0 aliphatic carbocycles. The van der Waals surface area contributed by atoms with Gasteiger partial charge in [0.25, 0.3) is 0 Å². The van der Waals surface area contributed by atoms with E-state index in [9.17, 15) is 14.8 Å². The SMILES string of the molecule is Cc1ccc(S[C@@H]2O[C@H](COP(=O)(O)O)[C@@H](O)[C@H]2O)cc1. The molecule has 4 N–H and O–H groups in total. The van der Waals surface area contributed by atoms with Crippen molar-refractivity contribution in [3.63, 3.8) is 0 Å². The standard InChI is InChI=1S/C12H17O7PS/c1-7-2-4-8(5-3-7)21-12-11(14)10(13)9(19-12)6-18-20(15,16)17/h2-5,9-14H,6H2,1H3,(H2,15,16,17)/t9-,10-,11-,12+/m1/s1. The number of aryl methyl sites for hydroxylation is 1. The van der Waals surface area contributed by atoms with Gasteiger partial charge in [-0.2, -0.15) is 0 Å². The number of thioether (sulfide) groups is 1. The van der Waals surface area contributed by atoms with Crippen molar-refractivity contribution in [2.45, 2.75) is 35.6 Å². The Morgan fingerprint density at radius 1 is 1.24 bits per heavy atom. The number of phosphoric ester groups is 1. The Bertz CT molecular complexity index is 517. The van der Waals surface area contributed by atoms with E-state index in [1.807, 2.05) is 31.2 Å². The van der Waals surface area contributed by atoms with E-state index in [0.29, 0.717) is 0 Å². The largest absolute Gasteiger partial charge is 0.469 e. The Balaban J connectivity index is 1.96. The molecule has 9 heteroatoms. The molecule has 7 nitrogen and oxygen atoms in total. The minimum Gasteiger partial charge on any atom is -0.387 e. The van der Waals surface area contributed by atoms with E-state index < -0.39 is 38.2 Å². The van der Waals surface area contributed by atoms with Crippen LogP contribution in [0.4, 0.5) is 0 Å². The lowest BCUT2D eigenvalue weighted by Gasteiger charge is -2.14. The third kappa shape index (κ3) is 4.77. The number of hydrogen-bond donors (Lipinski definition) is 4. The fourth-order valence-corrected chi connectivity index (χ4v) is 3.27. The fourth-order valence-electron chi connectivity index (χ4n) is 1.87. The lowest BCUT2D eigenvalue weighted by molar-refractivity contribution is -0.00809. The van der Waals surface area contributed by atoms with Crippen LogP contribution < -0.4 is 0 Å². The third-order valence-corrected chi connectivity index (χ3v) is 4.65. The molecule has 0 amide bonds. The van der Waals surface area contributed by atoms with Crippen LogP contribution in [-0.4, -0.2) is 50.4 Å². The second-order valence-corrected chi connectivity index (χ2v) is 7.15. The molecular weight excluding hydrogens is 319 g/mol. The van der Waals surface area contributed by atoms with Crippen molar-refractivity contribution in [1.29, 1.82) is 0 Å². The van der Waals surface area contributed by atoms with Crippen LogP contribution in [0.15, 0.2) is 29.2 Å². The average molecular weight is 336 g/mol. The Hall–Kier alpha value is -0.440. The van der Waals surface area contributed by atoms with E-state index in [1.165, 1.54) is 11.8 Å². The summed E-state index contributed by atoms with van der Waals surface area (Å²) < 4.78 is 20.4. The van der Waals surface area contributed by atoms with Crippen LogP contribution in [0.25, 0.3) is 0 Å². The summed E-state index contributed by atoms with van der Waals surface area (Å²) in [5.41, 5.74) is 0.369. The Kier molecular flexibility index (Phi) is 5.45. The van der Waals surface area contributed by atoms with Gasteiger partial charge in [0.15, 0.2) is 0 Å². The van der Waals surface area contributed by atoms with Gasteiger partial charge in [-0.25, -0.2) is 4.57 Å². The zero-order valence-corrected chi connectivity index (χ0v) is 12.9. The molecular formula is C12H17O7PS. The average Bonchev–Trinajstić information content (AvgIpc) is 2.66. The van der Waals surface area contributed by atoms with E-state index in [-0.39, 0.29) is 0 Å². The third-order valence-electron chi connectivity index (χ3n) is 3.00. The lowest BCUT2D eigenvalue weighted by atomic mass is 10.2. The predicted octanol–water partition coefficient (Wildman–Crippen LogP) is 0.643. The van der Waals surface area contributed by atoms with Crippen molar-refractivity contribution >= 4 is 19.6 Å². The van der Waals surface area contributed by atoms with Crippen LogP contribution in [0.2, 0.25) is 0 Å². The second-order valence-electron chi connectivity index (χ2n) is 4.74. The maximum absolute atomic E-state index is 10.6. The zero-order valence-electron chi connectivity index (χ0n) is 11.2. The summed E-state index contributed by atoms with van der Waals surface area (Å²) in [7, 11) is -4.64. The van der Waals surface area contributed by atoms with Gasteiger partial charge in [-0.15, -0.1) is 0 Å². The highest BCUT2D eigenvalue weighted by molar-refractivity contribution is 7.99. The molecule has 0 spiro atoms. The number of aliphatic hydroxyl groups excluding tert-OH is 2. The monoisotopic (exact) mass is 336 g/mol. The number of rotatable bonds is 5. The molecule has 1 heterocycles. The highest BCUT2D eigenvalue weighted by Crippen LogP contribution is 2.39. The second kappa shape index (κ2) is 6.76. The first-order valence-electron chi connectivity index (χ1n) is 6.21. The number of ether oxygens (including phenoxy) is 1. The molecule has 118 valence electrons. The molecule has 0 aromatic heterocycles. The topological polar surface area (TPSA) is 116 Å². The zero-order chi connectivity index (χ0) is 15.6. The van der Waals surface area contributed by atoms with Gasteiger partial charge in [-0.05, 0) is 19.1 Å². The summed E-state index contributed by atoms with van der Waals surface area (Å²) in [4.78, 5) is 18.1. The Morgan fingerprint density at radius 2 is 1.86 bits per heavy atom. The van der Waals surface area contributed by atoms with Crippen molar-refractivity contribution < 1.29 is 33.8 Å². The summed E-state index contributed by atoms with van der Waals surface area (Å²) in [6, 6.07) is 7.55. The summed E-state index contributed by atoms with van der Waals surface area (Å²) in [5, 5.41) is 19.8. The van der Waals surface area contributed by atoms with E-state index in [1.54, 1.807) is 0 Å². The molecule has 0 radical (unpaired) electrons. The highest BCUT2D eigenvalue weighted by Gasteiger charge is 2.44. The molecule has 0 saturated carbocycles. The maximum Gasteiger partial charge on any atom is 0.469 e. The van der Waals surface area contributed by atoms with E-state index in [2.05, 4.69) is 4.52 Å². The van der Waals surface area contributed by atoms with Crippen molar-refractivity contribution in [2.24, 2.45) is 0 Å². The first-order chi connectivity index (χ1) is 9.76. The van der Waals surface area contributed by atoms with Gasteiger partial charge in [0.1, 0.15) is 23.7 Å². The fraction of sp³-hybridized carbons (Fsp3) is 0.500. The van der Waals surface area contributed by atoms with Crippen LogP contribution in [-0.2, 0) is 13.8 Å². The predicted molar refractivity (Wildman–Crippen MR) is 75.7 cm³/mol. The summed E-state index contributed by atoms with van der Waals surface area (Å²) in [6.07, 6.45) is -3.42. The lowest BCUT2D eigenvalue weighted by Crippen LogP contribution is -2.33. The summed E-state index contributed by atoms with van der Waals surface area (Å²) in [6.45, 7) is 1.46. The van der Waals surface area contributed by atoms with Crippen molar-refractivity contribution in [3.05, 3.63) is 29.8 Å². The molecule has 4 atom stereocenters. The number of benzene rings is 1. The number of aliphatic hydroxyl groups is 2. The molecule has 1 aliphatic rings. The molecule has 2 rings (SSSR count). The van der Waals surface area contributed by atoms with Crippen molar-refractivity contribution in [2.75, 3.05) is 6.61 Å². The quantitative estimate of drug-likeness (QED) is 0.579. The van der Waals surface area contributed by atoms with Crippen LogP contribution in [0.1, 0.15) is 5.56 Å². The van der Waals surface area contributed by atoms with E-state index in [0.717, 1.165) is 10.5 Å². The highest BCUT2D eigenvalue weighted by atomic mass is 32.2. The van der Waals surface area contributed by atoms with Gasteiger partial charge in [-0.3, -0.25) is 4.52 Å². The molecule has 1 saturated heterocycles. The summed E-state index contributed by atoms with van der Waals surface area (Å²) in [5.74, 6) is 0. The van der Waals surface area contributed by atoms with E-state index >= 15 is 0 Å². The molecule has 1 aliphatic heterocycles. The number of phosphoric acid groups is 1. The molecule has 1 aromatic carbocycles. The van der Waals surface area contributed by atoms with Crippen LogP contribution >= 0.6 is 19.6 Å². The normalized spacial score (nSPS) is 29.8. The van der Waals surface area contributed by atoms with Gasteiger partial charge in [0.2, 0.25) is 0 Å². The van der Waals surface area contributed by atoms with Crippen molar-refractivity contribution in [3.8, 4) is 0 Å². The van der Waals surface area contributed by atoms with Gasteiger partial charge in [0, 0.05) is 4.90 Å². The van der Waals surface area contributed by atoms with Crippen LogP contribution in [0.5, 0.6) is 0 Å². The van der Waals surface area contributed by atoms with Crippen molar-refractivity contribution in [1.82, 2.24) is 0 Å². The van der Waals surface area contributed by atoms with E-state index in [4.69, 9.17) is 14.5 Å². The van der Waals surface area contributed by atoms with Crippen LogP contribution in [0.3, 0.4) is 0 Å². The van der Waals surface area contributed by atoms with Gasteiger partial charge < -0.3 is 24.7 Å². The molecule has 0 bridgehead atoms. The Morgan fingerprint density at radius 3 is 2.43 bits per heavy atom. The minimum absolute atomic E-state index is 0.493. The smallest absolute Gasteiger partial charge is 0.387 e. The van der Waals surface area contributed by atoms with Gasteiger partial charge in [0.05, 0.1) is 6.61 Å². The molecule has 1 fully saturated rings. The number of hydrogen-bond acceptors (Lipinski definition) is 6. The molecule has 21 heavy (non-hydrogen) atoms. The van der Waals surface area contributed by atoms with Gasteiger partial charge in [-0.1, -0.05) is 29.5 Å². The minimum atomic E-state index is -4.64. The Labute approximate surface area is 126 Å². The van der Waals surface area contributed by atoms with Gasteiger partial charge >= 0.3 is 7.82 Å². The molecule has 0 unspecified atom stereocenters. The maximum atomic E-state index is 10.6. The first kappa shape index (κ1) is 16.9. The van der Waals surface area contributed by atoms with Crippen LogP contribution in [0, 0.1) is 6.92 Å². The summed E-state index contributed by atoms with van der Waals surface area (Å²) >= 11 is 1.23. The molecule has 1 aromatic rings.